The van der Waals surface area contributed by atoms with Crippen molar-refractivity contribution < 1.29 is 4.79 Å². The molecule has 0 fully saturated rings. The van der Waals surface area contributed by atoms with E-state index in [1.54, 1.807) is 0 Å². The molecule has 3 aromatic heterocycles. The number of aromatic nitrogens is 6. The summed E-state index contributed by atoms with van der Waals surface area (Å²) in [6, 6.07) is 3.02. The van der Waals surface area contributed by atoms with Gasteiger partial charge < -0.3 is 9.88 Å². The van der Waals surface area contributed by atoms with Gasteiger partial charge in [-0.15, -0.1) is 10.2 Å². The van der Waals surface area contributed by atoms with E-state index in [1.165, 1.54) is 37.2 Å². The minimum atomic E-state index is -0.486. The summed E-state index contributed by atoms with van der Waals surface area (Å²) in [4.78, 5) is 41.1. The Morgan fingerprint density at radius 1 is 1.10 bits per heavy atom. The van der Waals surface area contributed by atoms with Crippen molar-refractivity contribution in [3.63, 3.8) is 0 Å². The molecule has 0 aromatic carbocycles. The van der Waals surface area contributed by atoms with Crippen LogP contribution in [-0.2, 0) is 33.5 Å². The molecule has 4 heterocycles. The fraction of sp³-hybridized carbons (Fsp3) is 0.474. The van der Waals surface area contributed by atoms with Crippen LogP contribution in [0.25, 0.3) is 11.0 Å². The maximum atomic E-state index is 12.5. The van der Waals surface area contributed by atoms with Gasteiger partial charge in [0.1, 0.15) is 23.0 Å². The van der Waals surface area contributed by atoms with Crippen LogP contribution in [0.5, 0.6) is 0 Å². The summed E-state index contributed by atoms with van der Waals surface area (Å²) in [7, 11) is 2.94. The standard InChI is InChI=1S/C19H23N7O3/c1-24-16-12(18(28)25(2)19(24)29)7-8-13(21-16)17(27)20-10-9-15-23-22-14-6-4-3-5-11-26(14)15/h7-8H,3-6,9-11H2,1-2H3,(H,20,27). The predicted molar refractivity (Wildman–Crippen MR) is 106 cm³/mol. The second kappa shape index (κ2) is 7.61. The lowest BCUT2D eigenvalue weighted by molar-refractivity contribution is 0.0949. The van der Waals surface area contributed by atoms with E-state index in [0.717, 1.165) is 42.0 Å². The number of pyridine rings is 1. The lowest BCUT2D eigenvalue weighted by Gasteiger charge is -2.09. The Morgan fingerprint density at radius 2 is 1.93 bits per heavy atom. The molecule has 10 nitrogen and oxygen atoms in total. The molecule has 1 aliphatic heterocycles. The molecule has 1 amide bonds. The zero-order valence-corrected chi connectivity index (χ0v) is 16.5. The normalized spacial score (nSPS) is 13.9. The summed E-state index contributed by atoms with van der Waals surface area (Å²) in [6.45, 7) is 1.31. The number of aryl methyl sites for hydroxylation is 2. The number of rotatable bonds is 4. The van der Waals surface area contributed by atoms with Crippen molar-refractivity contribution in [2.75, 3.05) is 6.54 Å². The zero-order chi connectivity index (χ0) is 20.5. The molecule has 0 saturated heterocycles. The van der Waals surface area contributed by atoms with Gasteiger partial charge in [-0.3, -0.25) is 18.7 Å². The smallest absolute Gasteiger partial charge is 0.332 e. The van der Waals surface area contributed by atoms with Gasteiger partial charge in [-0.2, -0.15) is 0 Å². The van der Waals surface area contributed by atoms with Crippen LogP contribution in [0.3, 0.4) is 0 Å². The van der Waals surface area contributed by atoms with Crippen LogP contribution in [0.15, 0.2) is 21.7 Å². The Kier molecular flexibility index (Phi) is 4.99. The van der Waals surface area contributed by atoms with Gasteiger partial charge in [-0.25, -0.2) is 9.78 Å². The highest BCUT2D eigenvalue weighted by molar-refractivity contribution is 5.94. The Balaban J connectivity index is 1.49. The molecule has 4 rings (SSSR count). The van der Waals surface area contributed by atoms with Gasteiger partial charge >= 0.3 is 5.69 Å². The number of carbonyl (C=O) groups excluding carboxylic acids is 1. The van der Waals surface area contributed by atoms with Crippen molar-refractivity contribution in [2.45, 2.75) is 38.6 Å². The fourth-order valence-electron chi connectivity index (χ4n) is 3.69. The van der Waals surface area contributed by atoms with E-state index in [2.05, 4.69) is 25.1 Å². The first kappa shape index (κ1) is 19.0. The van der Waals surface area contributed by atoms with E-state index in [0.29, 0.717) is 13.0 Å². The number of carbonyl (C=O) groups is 1. The molecule has 29 heavy (non-hydrogen) atoms. The minimum Gasteiger partial charge on any atom is -0.350 e. The van der Waals surface area contributed by atoms with Gasteiger partial charge in [0.2, 0.25) is 0 Å². The van der Waals surface area contributed by atoms with Crippen molar-refractivity contribution in [3.8, 4) is 0 Å². The number of nitrogens with zero attached hydrogens (tertiary/aromatic N) is 6. The highest BCUT2D eigenvalue weighted by Gasteiger charge is 2.16. The van der Waals surface area contributed by atoms with Crippen LogP contribution in [-0.4, -0.2) is 41.3 Å². The Hall–Kier alpha value is -3.30. The van der Waals surface area contributed by atoms with E-state index in [1.807, 2.05) is 0 Å². The lowest BCUT2D eigenvalue weighted by atomic mass is 10.2. The van der Waals surface area contributed by atoms with E-state index >= 15 is 0 Å². The molecule has 0 atom stereocenters. The molecule has 0 spiro atoms. The largest absolute Gasteiger partial charge is 0.350 e. The molecule has 0 unspecified atom stereocenters. The molecule has 1 aliphatic rings. The van der Waals surface area contributed by atoms with Gasteiger partial charge in [0.05, 0.1) is 5.39 Å². The molecule has 0 aliphatic carbocycles. The molecular formula is C19H23N7O3. The first-order valence-corrected chi connectivity index (χ1v) is 9.73. The molecule has 0 bridgehead atoms. The first-order valence-electron chi connectivity index (χ1n) is 9.73. The SMILES string of the molecule is Cn1c(=O)c2ccc(C(=O)NCCc3nnc4n3CCCCC4)nc2n(C)c1=O. The van der Waals surface area contributed by atoms with Crippen molar-refractivity contribution in [1.82, 2.24) is 34.2 Å². The van der Waals surface area contributed by atoms with Crippen molar-refractivity contribution in [2.24, 2.45) is 14.1 Å². The van der Waals surface area contributed by atoms with Crippen molar-refractivity contribution in [3.05, 3.63) is 50.3 Å². The monoisotopic (exact) mass is 397 g/mol. The van der Waals surface area contributed by atoms with Crippen LogP contribution < -0.4 is 16.6 Å². The Labute approximate surface area is 166 Å². The third-order valence-electron chi connectivity index (χ3n) is 5.35. The van der Waals surface area contributed by atoms with Gasteiger partial charge in [-0.05, 0) is 25.0 Å². The summed E-state index contributed by atoms with van der Waals surface area (Å²) in [5.74, 6) is 1.53. The fourth-order valence-corrected chi connectivity index (χ4v) is 3.69. The number of hydrogen-bond donors (Lipinski definition) is 1. The molecule has 0 radical (unpaired) electrons. The highest BCUT2D eigenvalue weighted by atomic mass is 16.2. The number of amides is 1. The van der Waals surface area contributed by atoms with Crippen LogP contribution in [0.2, 0.25) is 0 Å². The summed E-state index contributed by atoms with van der Waals surface area (Å²) in [6.07, 6.45) is 4.96. The summed E-state index contributed by atoms with van der Waals surface area (Å²) < 4.78 is 4.43. The second-order valence-electron chi connectivity index (χ2n) is 7.27. The minimum absolute atomic E-state index is 0.154. The zero-order valence-electron chi connectivity index (χ0n) is 16.5. The van der Waals surface area contributed by atoms with Gasteiger partial charge in [-0.1, -0.05) is 6.42 Å². The third kappa shape index (κ3) is 3.45. The van der Waals surface area contributed by atoms with Gasteiger partial charge in [0.15, 0.2) is 0 Å². The molecular weight excluding hydrogens is 374 g/mol. The van der Waals surface area contributed by atoms with Crippen molar-refractivity contribution >= 4 is 16.9 Å². The molecule has 0 saturated carbocycles. The van der Waals surface area contributed by atoms with Gasteiger partial charge in [0, 0.05) is 40.0 Å². The molecule has 3 aromatic rings. The van der Waals surface area contributed by atoms with Crippen LogP contribution in [0.4, 0.5) is 0 Å². The van der Waals surface area contributed by atoms with Crippen LogP contribution in [0.1, 0.15) is 41.4 Å². The second-order valence-corrected chi connectivity index (χ2v) is 7.27. The maximum absolute atomic E-state index is 12.5. The lowest BCUT2D eigenvalue weighted by Crippen LogP contribution is -2.37. The summed E-state index contributed by atoms with van der Waals surface area (Å²) in [5.41, 5.74) is -0.579. The molecule has 1 N–H and O–H groups in total. The van der Waals surface area contributed by atoms with E-state index in [4.69, 9.17) is 0 Å². The number of nitrogens with one attached hydrogen (secondary N) is 1. The Bertz CT molecular complexity index is 1200. The topological polar surface area (TPSA) is 117 Å². The summed E-state index contributed by atoms with van der Waals surface area (Å²) in [5, 5.41) is 11.6. The molecule has 152 valence electrons. The maximum Gasteiger partial charge on any atom is 0.332 e. The predicted octanol–water partition coefficient (Wildman–Crippen LogP) is -0.0774. The molecule has 10 heteroatoms. The van der Waals surface area contributed by atoms with Crippen molar-refractivity contribution in [1.29, 1.82) is 0 Å². The average Bonchev–Trinajstić information content (AvgIpc) is 2.96. The number of hydrogen-bond acceptors (Lipinski definition) is 6. The van der Waals surface area contributed by atoms with E-state index in [9.17, 15) is 14.4 Å². The third-order valence-corrected chi connectivity index (χ3v) is 5.35. The first-order chi connectivity index (χ1) is 14.0. The van der Waals surface area contributed by atoms with Gasteiger partial charge in [0.25, 0.3) is 11.5 Å². The van der Waals surface area contributed by atoms with Crippen LogP contribution in [0, 0.1) is 0 Å². The quantitative estimate of drug-likeness (QED) is 0.658. The Morgan fingerprint density at radius 3 is 2.76 bits per heavy atom. The number of fused-ring (bicyclic) bond motifs is 2. The van der Waals surface area contributed by atoms with E-state index in [-0.39, 0.29) is 22.6 Å². The van der Waals surface area contributed by atoms with E-state index < -0.39 is 11.2 Å². The summed E-state index contributed by atoms with van der Waals surface area (Å²) >= 11 is 0. The highest BCUT2D eigenvalue weighted by Crippen LogP contribution is 2.14. The average molecular weight is 397 g/mol. The van der Waals surface area contributed by atoms with Crippen LogP contribution >= 0.6 is 0 Å².